The molecule has 1 saturated carbocycles. The number of carbonyl (C=O) groups excluding carboxylic acids is 2. The minimum atomic E-state index is -1.51. The summed E-state index contributed by atoms with van der Waals surface area (Å²) in [6.07, 6.45) is 1.54. The molecule has 2 heterocycles. The molecule has 5 rings (SSSR count). The summed E-state index contributed by atoms with van der Waals surface area (Å²) < 4.78 is 22.4. The highest BCUT2D eigenvalue weighted by atomic mass is 35.5. The first kappa shape index (κ1) is 30.7. The zero-order valence-electron chi connectivity index (χ0n) is 22.7. The van der Waals surface area contributed by atoms with Crippen LogP contribution in [-0.4, -0.2) is 70.1 Å². The first-order valence-electron chi connectivity index (χ1n) is 13.6. The number of ether oxygens (including phenoxy) is 1. The van der Waals surface area contributed by atoms with Gasteiger partial charge >= 0.3 is 5.97 Å². The fourth-order valence-electron chi connectivity index (χ4n) is 5.03. The van der Waals surface area contributed by atoms with Crippen molar-refractivity contribution >= 4 is 57.4 Å². The van der Waals surface area contributed by atoms with Crippen LogP contribution in [0.5, 0.6) is 0 Å². The molecule has 1 aliphatic carbocycles. The third-order valence-corrected chi connectivity index (χ3v) is 7.86. The van der Waals surface area contributed by atoms with E-state index in [9.17, 15) is 29.6 Å². The topological polar surface area (TPSA) is 156 Å². The van der Waals surface area contributed by atoms with E-state index in [-0.39, 0.29) is 28.2 Å². The summed E-state index contributed by atoms with van der Waals surface area (Å²) in [5.74, 6) is -2.51. The van der Waals surface area contributed by atoms with Gasteiger partial charge in [-0.15, -0.1) is 0 Å². The number of halogens is 3. The number of pyridine rings is 1. The number of fused-ring (bicyclic) bond motifs is 1. The van der Waals surface area contributed by atoms with Crippen molar-refractivity contribution in [2.24, 2.45) is 0 Å². The van der Waals surface area contributed by atoms with Gasteiger partial charge in [0.15, 0.2) is 4.84 Å². The second-order valence-electron chi connectivity index (χ2n) is 10.4. The number of aliphatic hydroxyl groups excluding tert-OH is 1. The van der Waals surface area contributed by atoms with Crippen molar-refractivity contribution in [2.75, 3.05) is 37.7 Å². The molecule has 1 aliphatic heterocycles. The highest BCUT2D eigenvalue weighted by molar-refractivity contribution is 6.53. The lowest BCUT2D eigenvalue weighted by Crippen LogP contribution is -2.45. The van der Waals surface area contributed by atoms with E-state index in [1.54, 1.807) is 10.6 Å². The van der Waals surface area contributed by atoms with E-state index >= 15 is 4.39 Å². The van der Waals surface area contributed by atoms with E-state index in [0.717, 1.165) is 31.0 Å². The standard InChI is InChI=1S/C28H28Cl2FN5O7/c29-26(30)27(39)33-21(24(37)15-1-3-17(4-2-15)36(41)42)14-43-28(40)19-13-35(16-5-6-16)22-12-23(34-9-7-32-8-10-34)20(31)11-18(22)25(19)38/h1-4,11-13,16,21,24,26,32,37H,5-10,14H2,(H,33,39)/t21-,24-/m1/s1. The van der Waals surface area contributed by atoms with Crippen LogP contribution in [0.15, 0.2) is 47.4 Å². The van der Waals surface area contributed by atoms with Crippen LogP contribution >= 0.6 is 23.2 Å². The SMILES string of the molecule is O=C(OC[C@@H](NC(=O)C(Cl)Cl)[C@H](O)c1ccc([N+](=O)[O-])cc1)c1cn(C2CC2)c2cc(N3CCNCC3)c(F)cc2c1=O. The van der Waals surface area contributed by atoms with Gasteiger partial charge in [-0.2, -0.15) is 0 Å². The summed E-state index contributed by atoms with van der Waals surface area (Å²) in [6.45, 7) is 2.01. The second-order valence-corrected chi connectivity index (χ2v) is 11.5. The molecule has 0 bridgehead atoms. The Hall–Kier alpha value is -3.78. The number of non-ortho nitro benzene ring substituents is 1. The van der Waals surface area contributed by atoms with Gasteiger partial charge in [0.05, 0.1) is 22.2 Å². The molecule has 228 valence electrons. The van der Waals surface area contributed by atoms with Gasteiger partial charge in [-0.3, -0.25) is 19.7 Å². The minimum Gasteiger partial charge on any atom is -0.460 e. The van der Waals surface area contributed by atoms with Gasteiger partial charge in [0.2, 0.25) is 5.43 Å². The molecule has 2 fully saturated rings. The number of nitro benzene ring substituents is 1. The first-order chi connectivity index (χ1) is 20.5. The van der Waals surface area contributed by atoms with Crippen LogP contribution in [0.3, 0.4) is 0 Å². The Morgan fingerprint density at radius 3 is 2.47 bits per heavy atom. The quantitative estimate of drug-likeness (QED) is 0.132. The average Bonchev–Trinajstić information content (AvgIpc) is 3.85. The van der Waals surface area contributed by atoms with Crippen LogP contribution < -0.4 is 21.0 Å². The van der Waals surface area contributed by atoms with Gasteiger partial charge in [-0.1, -0.05) is 23.2 Å². The predicted molar refractivity (Wildman–Crippen MR) is 157 cm³/mol. The molecule has 0 spiro atoms. The number of anilines is 1. The number of piperazine rings is 1. The lowest BCUT2D eigenvalue weighted by atomic mass is 10.0. The Morgan fingerprint density at radius 1 is 1.19 bits per heavy atom. The molecule has 2 atom stereocenters. The molecule has 1 aromatic heterocycles. The van der Waals surface area contributed by atoms with Gasteiger partial charge < -0.3 is 29.9 Å². The molecule has 15 heteroatoms. The second kappa shape index (κ2) is 12.8. The van der Waals surface area contributed by atoms with E-state index in [1.165, 1.54) is 18.3 Å². The first-order valence-corrected chi connectivity index (χ1v) is 14.4. The molecule has 1 saturated heterocycles. The number of nitrogens with one attached hydrogen (secondary N) is 2. The number of nitro groups is 1. The summed E-state index contributed by atoms with van der Waals surface area (Å²) in [6, 6.07) is 6.42. The van der Waals surface area contributed by atoms with Gasteiger partial charge in [-0.25, -0.2) is 9.18 Å². The van der Waals surface area contributed by atoms with Crippen molar-refractivity contribution in [3.63, 3.8) is 0 Å². The normalized spacial score (nSPS) is 16.6. The Kier molecular flexibility index (Phi) is 9.16. The number of carbonyl (C=O) groups is 2. The maximum absolute atomic E-state index is 15.3. The fraction of sp³-hybridized carbons (Fsp3) is 0.393. The largest absolute Gasteiger partial charge is 0.460 e. The highest BCUT2D eigenvalue weighted by Crippen LogP contribution is 2.38. The molecule has 3 N–H and O–H groups in total. The Labute approximate surface area is 254 Å². The molecule has 0 radical (unpaired) electrons. The van der Waals surface area contributed by atoms with Crippen molar-refractivity contribution in [3.05, 3.63) is 79.9 Å². The van der Waals surface area contributed by atoms with E-state index in [1.807, 2.05) is 4.90 Å². The van der Waals surface area contributed by atoms with Crippen LogP contribution in [0.25, 0.3) is 10.9 Å². The molecule has 1 amide bonds. The third kappa shape index (κ3) is 6.74. The fourth-order valence-corrected chi connectivity index (χ4v) is 5.16. The lowest BCUT2D eigenvalue weighted by molar-refractivity contribution is -0.384. The lowest BCUT2D eigenvalue weighted by Gasteiger charge is -2.30. The van der Waals surface area contributed by atoms with Gasteiger partial charge in [0, 0.05) is 55.9 Å². The maximum Gasteiger partial charge on any atom is 0.343 e. The number of benzene rings is 2. The minimum absolute atomic E-state index is 0.0244. The summed E-state index contributed by atoms with van der Waals surface area (Å²) in [7, 11) is 0. The summed E-state index contributed by atoms with van der Waals surface area (Å²) in [4.78, 5) is 49.7. The van der Waals surface area contributed by atoms with Gasteiger partial charge in [-0.05, 0) is 42.7 Å². The molecule has 2 aromatic carbocycles. The molecular weight excluding hydrogens is 608 g/mol. The van der Waals surface area contributed by atoms with Crippen LogP contribution in [0.4, 0.5) is 15.8 Å². The Bertz CT molecular complexity index is 1610. The monoisotopic (exact) mass is 635 g/mol. The number of esters is 1. The van der Waals surface area contributed by atoms with E-state index in [2.05, 4.69) is 10.6 Å². The zero-order chi connectivity index (χ0) is 30.8. The Morgan fingerprint density at radius 2 is 1.86 bits per heavy atom. The van der Waals surface area contributed by atoms with Crippen molar-refractivity contribution in [3.8, 4) is 0 Å². The van der Waals surface area contributed by atoms with Crippen molar-refractivity contribution in [2.45, 2.75) is 35.9 Å². The number of alkyl halides is 2. The van der Waals surface area contributed by atoms with E-state index in [4.69, 9.17) is 27.9 Å². The number of rotatable bonds is 10. The zero-order valence-corrected chi connectivity index (χ0v) is 24.2. The van der Waals surface area contributed by atoms with E-state index in [0.29, 0.717) is 37.4 Å². The average molecular weight is 636 g/mol. The van der Waals surface area contributed by atoms with Crippen LogP contribution in [-0.2, 0) is 9.53 Å². The number of hydrogen-bond donors (Lipinski definition) is 3. The molecule has 12 nitrogen and oxygen atoms in total. The van der Waals surface area contributed by atoms with Gasteiger partial charge in [0.1, 0.15) is 24.1 Å². The number of aromatic nitrogens is 1. The van der Waals surface area contributed by atoms with Gasteiger partial charge in [0.25, 0.3) is 11.6 Å². The predicted octanol–water partition coefficient (Wildman–Crippen LogP) is 2.97. The summed E-state index contributed by atoms with van der Waals surface area (Å²) in [5, 5.41) is 27.5. The van der Waals surface area contributed by atoms with Crippen LogP contribution in [0.2, 0.25) is 0 Å². The molecule has 3 aromatic rings. The number of amides is 1. The number of aliphatic hydroxyl groups is 1. The van der Waals surface area contributed by atoms with E-state index < -0.39 is 51.6 Å². The van der Waals surface area contributed by atoms with Crippen LogP contribution in [0, 0.1) is 15.9 Å². The molecule has 2 aliphatic rings. The van der Waals surface area contributed by atoms with Crippen LogP contribution in [0.1, 0.15) is 40.9 Å². The van der Waals surface area contributed by atoms with Crippen molar-refractivity contribution in [1.29, 1.82) is 0 Å². The highest BCUT2D eigenvalue weighted by Gasteiger charge is 2.31. The molecule has 0 unspecified atom stereocenters. The summed E-state index contributed by atoms with van der Waals surface area (Å²) in [5.41, 5.74) is -0.215. The maximum atomic E-state index is 15.3. The number of hydrogen-bond acceptors (Lipinski definition) is 9. The molecular formula is C28H28Cl2FN5O7. The van der Waals surface area contributed by atoms with Crippen molar-refractivity contribution < 1.29 is 28.7 Å². The third-order valence-electron chi connectivity index (χ3n) is 7.47. The molecule has 43 heavy (non-hydrogen) atoms. The van der Waals surface area contributed by atoms with Crippen molar-refractivity contribution in [1.82, 2.24) is 15.2 Å². The smallest absolute Gasteiger partial charge is 0.343 e. The number of nitrogens with zero attached hydrogens (tertiary/aromatic N) is 3. The summed E-state index contributed by atoms with van der Waals surface area (Å²) >= 11 is 11.3. The Balaban J connectivity index is 1.42.